The highest BCUT2D eigenvalue weighted by Crippen LogP contribution is 2.38. The number of rotatable bonds is 3. The number of carbonyl (C=O) groups excluding carboxylic acids is 2. The predicted octanol–water partition coefficient (Wildman–Crippen LogP) is 6.69. The third-order valence-electron chi connectivity index (χ3n) is 7.31. The van der Waals surface area contributed by atoms with Crippen LogP contribution in [0.2, 0.25) is 0 Å². The molecule has 0 spiro atoms. The standard InChI is InChI=1S/C32H28N2O2/c35-31(33-27-13-5-1-9-23(27)17-18-24-10-2-6-14-28(24)33)21-22-32(36)34-29-15-7-3-11-25(29)19-20-26-12-4-8-16-30(26)34/h1-16H,17-22H2. The maximum absolute atomic E-state index is 13.8. The van der Waals surface area contributed by atoms with Gasteiger partial charge in [0.15, 0.2) is 0 Å². The van der Waals surface area contributed by atoms with Crippen molar-refractivity contribution in [3.05, 3.63) is 119 Å². The lowest BCUT2D eigenvalue weighted by atomic mass is 10.0. The SMILES string of the molecule is O=C(CCC(=O)N1c2ccccc2CCc2ccccc21)N1c2ccccc2CCc2ccccc21. The van der Waals surface area contributed by atoms with Crippen LogP contribution in [-0.2, 0) is 35.3 Å². The number of aryl methyl sites for hydroxylation is 4. The summed E-state index contributed by atoms with van der Waals surface area (Å²) in [7, 11) is 0. The Morgan fingerprint density at radius 1 is 0.444 bits per heavy atom. The first-order chi connectivity index (χ1) is 17.7. The van der Waals surface area contributed by atoms with Crippen molar-refractivity contribution in [2.24, 2.45) is 0 Å². The van der Waals surface area contributed by atoms with Gasteiger partial charge in [0.1, 0.15) is 0 Å². The van der Waals surface area contributed by atoms with Crippen molar-refractivity contribution in [2.75, 3.05) is 9.80 Å². The zero-order chi connectivity index (χ0) is 24.5. The molecule has 0 aromatic heterocycles. The lowest BCUT2D eigenvalue weighted by Gasteiger charge is -2.27. The van der Waals surface area contributed by atoms with E-state index in [4.69, 9.17) is 0 Å². The number of amides is 2. The minimum absolute atomic E-state index is 0.0541. The highest BCUT2D eigenvalue weighted by molar-refractivity contribution is 6.07. The first-order valence-corrected chi connectivity index (χ1v) is 12.7. The fourth-order valence-electron chi connectivity index (χ4n) is 5.53. The Bertz CT molecular complexity index is 1250. The number of hydrogen-bond acceptors (Lipinski definition) is 2. The molecule has 2 aliphatic rings. The van der Waals surface area contributed by atoms with Gasteiger partial charge in [0.05, 0.1) is 22.7 Å². The largest absolute Gasteiger partial charge is 0.281 e. The Morgan fingerprint density at radius 2 is 0.694 bits per heavy atom. The number of hydrogen-bond donors (Lipinski definition) is 0. The third-order valence-corrected chi connectivity index (χ3v) is 7.31. The van der Waals surface area contributed by atoms with Crippen molar-refractivity contribution in [2.45, 2.75) is 38.5 Å². The van der Waals surface area contributed by atoms with Crippen LogP contribution in [0.25, 0.3) is 0 Å². The van der Waals surface area contributed by atoms with E-state index in [0.717, 1.165) is 70.7 Å². The molecule has 4 nitrogen and oxygen atoms in total. The van der Waals surface area contributed by atoms with Gasteiger partial charge in [0.25, 0.3) is 0 Å². The van der Waals surface area contributed by atoms with Gasteiger partial charge in [-0.05, 0) is 72.2 Å². The summed E-state index contributed by atoms with van der Waals surface area (Å²) < 4.78 is 0. The van der Waals surface area contributed by atoms with E-state index in [1.165, 1.54) is 0 Å². The molecule has 0 aliphatic carbocycles. The first-order valence-electron chi connectivity index (χ1n) is 12.7. The van der Waals surface area contributed by atoms with Gasteiger partial charge in [-0.2, -0.15) is 0 Å². The highest BCUT2D eigenvalue weighted by Gasteiger charge is 2.29. The van der Waals surface area contributed by atoms with Crippen LogP contribution in [0.15, 0.2) is 97.1 Å². The summed E-state index contributed by atoms with van der Waals surface area (Å²) in [6.45, 7) is 0. The molecule has 4 aromatic carbocycles. The Labute approximate surface area is 211 Å². The van der Waals surface area contributed by atoms with Crippen LogP contribution in [0, 0.1) is 0 Å². The molecule has 0 radical (unpaired) electrons. The number of carbonyl (C=O) groups is 2. The molecule has 0 atom stereocenters. The second-order valence-corrected chi connectivity index (χ2v) is 9.47. The van der Waals surface area contributed by atoms with Crippen LogP contribution in [0.3, 0.4) is 0 Å². The lowest BCUT2D eigenvalue weighted by molar-refractivity contribution is -0.123. The van der Waals surface area contributed by atoms with Crippen LogP contribution in [0.5, 0.6) is 0 Å². The van der Waals surface area contributed by atoms with Gasteiger partial charge >= 0.3 is 0 Å². The fourth-order valence-corrected chi connectivity index (χ4v) is 5.53. The molecule has 178 valence electrons. The van der Waals surface area contributed by atoms with E-state index < -0.39 is 0 Å². The van der Waals surface area contributed by atoms with Gasteiger partial charge in [-0.1, -0.05) is 72.8 Å². The Morgan fingerprint density at radius 3 is 0.972 bits per heavy atom. The zero-order valence-corrected chi connectivity index (χ0v) is 20.2. The molecule has 2 heterocycles. The quantitative estimate of drug-likeness (QED) is 0.333. The summed E-state index contributed by atoms with van der Waals surface area (Å²) in [5.74, 6) is -0.108. The van der Waals surface area contributed by atoms with E-state index in [-0.39, 0.29) is 24.7 Å². The highest BCUT2D eigenvalue weighted by atomic mass is 16.2. The zero-order valence-electron chi connectivity index (χ0n) is 20.2. The molecule has 4 heteroatoms. The monoisotopic (exact) mass is 472 g/mol. The molecule has 0 unspecified atom stereocenters. The van der Waals surface area contributed by atoms with Crippen LogP contribution in [0.1, 0.15) is 35.1 Å². The van der Waals surface area contributed by atoms with Gasteiger partial charge in [-0.3, -0.25) is 19.4 Å². The van der Waals surface area contributed by atoms with Crippen molar-refractivity contribution in [3.8, 4) is 0 Å². The van der Waals surface area contributed by atoms with Crippen LogP contribution >= 0.6 is 0 Å². The molecule has 6 rings (SSSR count). The maximum Gasteiger partial charge on any atom is 0.232 e. The van der Waals surface area contributed by atoms with Gasteiger partial charge < -0.3 is 0 Å². The van der Waals surface area contributed by atoms with Gasteiger partial charge in [-0.25, -0.2) is 0 Å². The van der Waals surface area contributed by atoms with Crippen molar-refractivity contribution in [1.29, 1.82) is 0 Å². The number of nitrogens with zero attached hydrogens (tertiary/aromatic N) is 2. The molecule has 36 heavy (non-hydrogen) atoms. The third kappa shape index (κ3) is 3.99. The normalized spacial score (nSPS) is 14.0. The van der Waals surface area contributed by atoms with E-state index in [1.807, 2.05) is 82.6 Å². The predicted molar refractivity (Wildman–Crippen MR) is 144 cm³/mol. The van der Waals surface area contributed by atoms with Crippen LogP contribution in [0.4, 0.5) is 22.7 Å². The van der Waals surface area contributed by atoms with Crippen LogP contribution < -0.4 is 9.80 Å². The maximum atomic E-state index is 13.8. The van der Waals surface area contributed by atoms with Crippen molar-refractivity contribution in [1.82, 2.24) is 0 Å². The van der Waals surface area contributed by atoms with E-state index in [9.17, 15) is 9.59 Å². The minimum Gasteiger partial charge on any atom is -0.281 e. The molecule has 0 saturated carbocycles. The topological polar surface area (TPSA) is 40.6 Å². The smallest absolute Gasteiger partial charge is 0.232 e. The van der Waals surface area contributed by atoms with Gasteiger partial charge in [-0.15, -0.1) is 0 Å². The van der Waals surface area contributed by atoms with Crippen molar-refractivity contribution < 1.29 is 9.59 Å². The summed E-state index contributed by atoms with van der Waals surface area (Å²) in [5, 5.41) is 0. The molecule has 0 bridgehead atoms. The van der Waals surface area contributed by atoms with Gasteiger partial charge in [0, 0.05) is 12.8 Å². The van der Waals surface area contributed by atoms with E-state index in [2.05, 4.69) is 24.3 Å². The summed E-state index contributed by atoms with van der Waals surface area (Å²) in [5.41, 5.74) is 8.31. The second-order valence-electron chi connectivity index (χ2n) is 9.47. The number of para-hydroxylation sites is 4. The summed E-state index contributed by atoms with van der Waals surface area (Å²) in [4.78, 5) is 31.2. The van der Waals surface area contributed by atoms with E-state index in [0.29, 0.717) is 0 Å². The van der Waals surface area contributed by atoms with Gasteiger partial charge in [0.2, 0.25) is 11.8 Å². The fraction of sp³-hybridized carbons (Fsp3) is 0.188. The molecular formula is C32H28N2O2. The summed E-state index contributed by atoms with van der Waals surface area (Å²) in [6, 6.07) is 32.4. The second kappa shape index (κ2) is 9.46. The number of fused-ring (bicyclic) bond motifs is 4. The molecular weight excluding hydrogens is 444 g/mol. The Kier molecular flexibility index (Phi) is 5.86. The number of anilines is 4. The average molecular weight is 473 g/mol. The Hall–Kier alpha value is -4.18. The van der Waals surface area contributed by atoms with E-state index in [1.54, 1.807) is 0 Å². The molecule has 0 fully saturated rings. The molecule has 4 aromatic rings. The van der Waals surface area contributed by atoms with E-state index >= 15 is 0 Å². The van der Waals surface area contributed by atoms with Crippen molar-refractivity contribution >= 4 is 34.6 Å². The Balaban J connectivity index is 1.31. The van der Waals surface area contributed by atoms with Crippen LogP contribution in [-0.4, -0.2) is 11.8 Å². The lowest BCUT2D eigenvalue weighted by Crippen LogP contribution is -2.31. The minimum atomic E-state index is -0.0541. The molecule has 2 amide bonds. The molecule has 2 aliphatic heterocycles. The summed E-state index contributed by atoms with van der Waals surface area (Å²) >= 11 is 0. The average Bonchev–Trinajstić information content (AvgIpc) is 3.20. The first kappa shape index (κ1) is 22.3. The molecule has 0 saturated heterocycles. The number of benzene rings is 4. The summed E-state index contributed by atoms with van der Waals surface area (Å²) in [6.07, 6.45) is 3.83. The van der Waals surface area contributed by atoms with Crippen molar-refractivity contribution in [3.63, 3.8) is 0 Å². The molecule has 0 N–H and O–H groups in total.